The van der Waals surface area contributed by atoms with Gasteiger partial charge in [0.25, 0.3) is 0 Å². The lowest BCUT2D eigenvalue weighted by Gasteiger charge is -2.33. The van der Waals surface area contributed by atoms with Gasteiger partial charge in [0, 0.05) is 45.2 Å². The molecule has 2 fully saturated rings. The van der Waals surface area contributed by atoms with E-state index in [4.69, 9.17) is 9.97 Å². The molecule has 0 aromatic carbocycles. The number of piperidine rings is 2. The number of hydrogen-bond donors (Lipinski definition) is 3. The Kier molecular flexibility index (Phi) is 7.25. The quantitative estimate of drug-likeness (QED) is 0.600. The van der Waals surface area contributed by atoms with Crippen LogP contribution >= 0.6 is 0 Å². The molecule has 0 bridgehead atoms. The summed E-state index contributed by atoms with van der Waals surface area (Å²) in [6.07, 6.45) is 10.1. The number of rotatable bonds is 6. The number of fused-ring (bicyclic) bond motifs is 1. The fraction of sp³-hybridized carbons (Fsp3) is 0.739. The molecule has 2 unspecified atom stereocenters. The molecule has 1 aromatic rings. The summed E-state index contributed by atoms with van der Waals surface area (Å²) in [5, 5.41) is 9.25. The van der Waals surface area contributed by atoms with Gasteiger partial charge in [0.05, 0.1) is 11.6 Å². The van der Waals surface area contributed by atoms with Crippen LogP contribution in [0.15, 0.2) is 0 Å². The Morgan fingerprint density at radius 3 is 2.84 bits per heavy atom. The Morgan fingerprint density at radius 1 is 1.13 bits per heavy atom. The topological polar surface area (TPSA) is 99.3 Å². The van der Waals surface area contributed by atoms with Crippen molar-refractivity contribution in [3.63, 3.8) is 0 Å². The minimum atomic E-state index is 0.000478. The van der Waals surface area contributed by atoms with Gasteiger partial charge in [-0.3, -0.25) is 9.59 Å². The van der Waals surface area contributed by atoms with E-state index < -0.39 is 0 Å². The maximum Gasteiger partial charge on any atom is 0.227 e. The van der Waals surface area contributed by atoms with Crippen LogP contribution < -0.4 is 20.9 Å². The molecule has 1 aliphatic carbocycles. The highest BCUT2D eigenvalue weighted by Crippen LogP contribution is 2.30. The van der Waals surface area contributed by atoms with Gasteiger partial charge in [0.15, 0.2) is 0 Å². The fourth-order valence-electron chi connectivity index (χ4n) is 5.07. The summed E-state index contributed by atoms with van der Waals surface area (Å²) in [4.78, 5) is 36.3. The van der Waals surface area contributed by atoms with Crippen LogP contribution in [0.4, 0.5) is 11.8 Å². The molecule has 170 valence electrons. The van der Waals surface area contributed by atoms with E-state index in [1.54, 1.807) is 7.05 Å². The maximum atomic E-state index is 12.2. The Morgan fingerprint density at radius 2 is 2.00 bits per heavy atom. The second-order valence-electron chi connectivity index (χ2n) is 9.20. The third kappa shape index (κ3) is 5.46. The number of hydrogen-bond acceptors (Lipinski definition) is 6. The first-order chi connectivity index (χ1) is 15.1. The van der Waals surface area contributed by atoms with Gasteiger partial charge < -0.3 is 20.9 Å². The summed E-state index contributed by atoms with van der Waals surface area (Å²) in [5.41, 5.74) is 2.39. The average molecular weight is 429 g/mol. The number of amides is 2. The van der Waals surface area contributed by atoms with E-state index in [0.29, 0.717) is 18.9 Å². The van der Waals surface area contributed by atoms with Gasteiger partial charge >= 0.3 is 0 Å². The van der Waals surface area contributed by atoms with Crippen molar-refractivity contribution in [1.29, 1.82) is 0 Å². The SMILES string of the molecule is CNC(=O)CC1CCCN(c2nc3c(c(NCC4CCCNC4=O)n2)CCCCC3)C1. The van der Waals surface area contributed by atoms with Gasteiger partial charge in [-0.05, 0) is 57.3 Å². The zero-order valence-corrected chi connectivity index (χ0v) is 18.7. The summed E-state index contributed by atoms with van der Waals surface area (Å²) in [6.45, 7) is 3.15. The second-order valence-corrected chi connectivity index (χ2v) is 9.20. The summed E-state index contributed by atoms with van der Waals surface area (Å²) >= 11 is 0. The smallest absolute Gasteiger partial charge is 0.227 e. The third-order valence-corrected chi connectivity index (χ3v) is 6.89. The minimum Gasteiger partial charge on any atom is -0.369 e. The highest BCUT2D eigenvalue weighted by atomic mass is 16.2. The standard InChI is InChI=1S/C23H36N6O2/c1-24-20(30)13-16-7-6-12-29(15-16)23-27-19-10-4-2-3-9-18(19)21(28-23)26-14-17-8-5-11-25-22(17)31/h16-17H,2-15H2,1H3,(H,24,30)(H,25,31)(H,26,27,28). The molecule has 4 rings (SSSR count). The average Bonchev–Trinajstić information content (AvgIpc) is 3.04. The lowest BCUT2D eigenvalue weighted by Crippen LogP contribution is -2.40. The van der Waals surface area contributed by atoms with Crippen molar-refractivity contribution in [2.24, 2.45) is 11.8 Å². The summed E-state index contributed by atoms with van der Waals surface area (Å²) < 4.78 is 0. The van der Waals surface area contributed by atoms with Crippen LogP contribution in [0.3, 0.4) is 0 Å². The van der Waals surface area contributed by atoms with Gasteiger partial charge in [-0.2, -0.15) is 4.98 Å². The molecule has 0 saturated carbocycles. The zero-order valence-electron chi connectivity index (χ0n) is 18.7. The van der Waals surface area contributed by atoms with Crippen LogP contribution in [0.2, 0.25) is 0 Å². The van der Waals surface area contributed by atoms with E-state index in [9.17, 15) is 9.59 Å². The van der Waals surface area contributed by atoms with Crippen molar-refractivity contribution in [2.45, 2.75) is 64.2 Å². The van der Waals surface area contributed by atoms with Crippen LogP contribution in [-0.2, 0) is 22.4 Å². The van der Waals surface area contributed by atoms with Crippen molar-refractivity contribution >= 4 is 23.6 Å². The Balaban J connectivity index is 1.53. The minimum absolute atomic E-state index is 0.000478. The lowest BCUT2D eigenvalue weighted by atomic mass is 9.94. The number of nitrogens with zero attached hydrogens (tertiary/aromatic N) is 3. The summed E-state index contributed by atoms with van der Waals surface area (Å²) in [5.74, 6) is 2.26. The molecule has 0 radical (unpaired) electrons. The molecule has 1 aromatic heterocycles. The summed E-state index contributed by atoms with van der Waals surface area (Å²) in [6, 6.07) is 0. The van der Waals surface area contributed by atoms with E-state index in [-0.39, 0.29) is 17.7 Å². The molecule has 31 heavy (non-hydrogen) atoms. The highest BCUT2D eigenvalue weighted by Gasteiger charge is 2.27. The van der Waals surface area contributed by atoms with Crippen molar-refractivity contribution in [3.05, 3.63) is 11.3 Å². The fourth-order valence-corrected chi connectivity index (χ4v) is 5.07. The van der Waals surface area contributed by atoms with Gasteiger partial charge in [-0.25, -0.2) is 4.98 Å². The van der Waals surface area contributed by atoms with Crippen LogP contribution in [0.25, 0.3) is 0 Å². The normalized spacial score (nSPS) is 24.0. The van der Waals surface area contributed by atoms with Crippen LogP contribution in [0, 0.1) is 11.8 Å². The predicted octanol–water partition coefficient (Wildman–Crippen LogP) is 2.04. The monoisotopic (exact) mass is 428 g/mol. The largest absolute Gasteiger partial charge is 0.369 e. The van der Waals surface area contributed by atoms with Gasteiger partial charge in [0.1, 0.15) is 5.82 Å². The van der Waals surface area contributed by atoms with Crippen molar-refractivity contribution in [2.75, 3.05) is 43.4 Å². The maximum absolute atomic E-state index is 12.2. The molecule has 0 spiro atoms. The molecule has 2 amide bonds. The molecule has 3 N–H and O–H groups in total. The third-order valence-electron chi connectivity index (χ3n) is 6.89. The van der Waals surface area contributed by atoms with Crippen molar-refractivity contribution in [1.82, 2.24) is 20.6 Å². The number of aryl methyl sites for hydroxylation is 1. The van der Waals surface area contributed by atoms with Crippen LogP contribution in [0.5, 0.6) is 0 Å². The first kappa shape index (κ1) is 21.8. The van der Waals surface area contributed by atoms with Gasteiger partial charge in [0.2, 0.25) is 17.8 Å². The van der Waals surface area contributed by atoms with Crippen LogP contribution in [-0.4, -0.2) is 55.0 Å². The number of anilines is 2. The van der Waals surface area contributed by atoms with Gasteiger partial charge in [-0.15, -0.1) is 0 Å². The highest BCUT2D eigenvalue weighted by molar-refractivity contribution is 5.80. The molecular weight excluding hydrogens is 392 g/mol. The molecule has 8 heteroatoms. The molecular formula is C23H36N6O2. The number of carbonyl (C=O) groups excluding carboxylic acids is 2. The number of nitrogens with one attached hydrogen (secondary N) is 3. The van der Waals surface area contributed by atoms with E-state index in [2.05, 4.69) is 20.9 Å². The number of aromatic nitrogens is 2. The van der Waals surface area contributed by atoms with Crippen molar-refractivity contribution < 1.29 is 9.59 Å². The summed E-state index contributed by atoms with van der Waals surface area (Å²) in [7, 11) is 1.70. The lowest BCUT2D eigenvalue weighted by molar-refractivity contribution is -0.126. The van der Waals surface area contributed by atoms with E-state index >= 15 is 0 Å². The molecule has 8 nitrogen and oxygen atoms in total. The van der Waals surface area contributed by atoms with Crippen LogP contribution in [0.1, 0.15) is 62.6 Å². The number of carbonyl (C=O) groups is 2. The molecule has 3 heterocycles. The van der Waals surface area contributed by atoms with Crippen molar-refractivity contribution in [3.8, 4) is 0 Å². The second kappa shape index (κ2) is 10.3. The first-order valence-electron chi connectivity index (χ1n) is 12.0. The molecule has 2 saturated heterocycles. The Labute approximate surface area is 185 Å². The first-order valence-corrected chi connectivity index (χ1v) is 12.0. The molecule has 2 aliphatic heterocycles. The molecule has 2 atom stereocenters. The Bertz CT molecular complexity index is 799. The van der Waals surface area contributed by atoms with E-state index in [1.807, 2.05) is 0 Å². The van der Waals surface area contributed by atoms with Gasteiger partial charge in [-0.1, -0.05) is 6.42 Å². The molecule has 3 aliphatic rings. The van der Waals surface area contributed by atoms with E-state index in [0.717, 1.165) is 88.5 Å². The van der Waals surface area contributed by atoms with E-state index in [1.165, 1.54) is 12.0 Å². The Hall–Kier alpha value is -2.38. The predicted molar refractivity (Wildman–Crippen MR) is 121 cm³/mol. The zero-order chi connectivity index (χ0) is 21.6.